The lowest BCUT2D eigenvalue weighted by Crippen LogP contribution is -2.32. The van der Waals surface area contributed by atoms with E-state index in [2.05, 4.69) is 5.32 Å². The van der Waals surface area contributed by atoms with Crippen LogP contribution in [-0.4, -0.2) is 10.6 Å². The van der Waals surface area contributed by atoms with Gasteiger partial charge in [-0.1, -0.05) is 37.3 Å². The standard InChI is InChI=1S/C21H19FN2O3/c1-2-15-9-11-17(12-10-15)23-20(25)18-7-5-13-24(21(18)26)27-14-16-6-3-4-8-19(16)22/h3-13H,2,14H2,1H3,(H,23,25). The molecular formula is C21H19FN2O3. The van der Waals surface area contributed by atoms with Crippen LogP contribution in [0.15, 0.2) is 71.7 Å². The molecule has 0 atom stereocenters. The number of nitrogens with zero attached hydrogens (tertiary/aromatic N) is 1. The van der Waals surface area contributed by atoms with Crippen LogP contribution in [0.1, 0.15) is 28.4 Å². The molecule has 2 aromatic carbocycles. The number of hydrogen-bond donors (Lipinski definition) is 1. The van der Waals surface area contributed by atoms with Gasteiger partial charge < -0.3 is 10.2 Å². The predicted octanol–water partition coefficient (Wildman–Crippen LogP) is 3.43. The maximum absolute atomic E-state index is 13.7. The van der Waals surface area contributed by atoms with Gasteiger partial charge in [-0.3, -0.25) is 9.59 Å². The highest BCUT2D eigenvalue weighted by Gasteiger charge is 2.13. The number of pyridine rings is 1. The lowest BCUT2D eigenvalue weighted by Gasteiger charge is -2.11. The number of aryl methyl sites for hydroxylation is 1. The summed E-state index contributed by atoms with van der Waals surface area (Å²) in [6, 6.07) is 16.5. The fraction of sp³-hybridized carbons (Fsp3) is 0.143. The first-order valence-electron chi connectivity index (χ1n) is 8.57. The number of benzene rings is 2. The molecule has 1 amide bonds. The van der Waals surface area contributed by atoms with Crippen LogP contribution in [0.5, 0.6) is 0 Å². The maximum Gasteiger partial charge on any atom is 0.295 e. The minimum Gasteiger partial charge on any atom is -0.406 e. The summed E-state index contributed by atoms with van der Waals surface area (Å²) in [5, 5.41) is 2.69. The monoisotopic (exact) mass is 366 g/mol. The summed E-state index contributed by atoms with van der Waals surface area (Å²) in [6.45, 7) is 1.91. The van der Waals surface area contributed by atoms with Crippen molar-refractivity contribution >= 4 is 11.6 Å². The van der Waals surface area contributed by atoms with E-state index in [0.29, 0.717) is 11.3 Å². The Morgan fingerprint density at radius 3 is 2.52 bits per heavy atom. The molecule has 0 saturated carbocycles. The van der Waals surface area contributed by atoms with Gasteiger partial charge in [0.2, 0.25) is 0 Å². The summed E-state index contributed by atoms with van der Waals surface area (Å²) < 4.78 is 14.6. The molecule has 0 aliphatic heterocycles. The Bertz CT molecular complexity index is 997. The summed E-state index contributed by atoms with van der Waals surface area (Å²) in [4.78, 5) is 30.3. The number of nitrogens with one attached hydrogen (secondary N) is 1. The number of carbonyl (C=O) groups is 1. The van der Waals surface area contributed by atoms with Crippen molar-refractivity contribution in [2.75, 3.05) is 5.32 Å². The van der Waals surface area contributed by atoms with Crippen molar-refractivity contribution < 1.29 is 14.0 Å². The quantitative estimate of drug-likeness (QED) is 0.727. The molecule has 0 radical (unpaired) electrons. The molecule has 0 fully saturated rings. The number of amides is 1. The summed E-state index contributed by atoms with van der Waals surface area (Å²) in [6.07, 6.45) is 2.28. The van der Waals surface area contributed by atoms with Crippen LogP contribution in [0.25, 0.3) is 0 Å². The predicted molar refractivity (Wildman–Crippen MR) is 101 cm³/mol. The second kappa shape index (κ2) is 8.31. The molecule has 3 aromatic rings. The Morgan fingerprint density at radius 1 is 1.07 bits per heavy atom. The minimum atomic E-state index is -0.614. The van der Waals surface area contributed by atoms with E-state index in [0.717, 1.165) is 16.7 Å². The fourth-order valence-corrected chi connectivity index (χ4v) is 2.53. The summed E-state index contributed by atoms with van der Waals surface area (Å²) in [7, 11) is 0. The molecule has 0 aliphatic carbocycles. The lowest BCUT2D eigenvalue weighted by molar-refractivity contribution is 0.0847. The minimum absolute atomic E-state index is 0.0643. The first-order chi connectivity index (χ1) is 13.1. The second-order valence-corrected chi connectivity index (χ2v) is 5.92. The van der Waals surface area contributed by atoms with Crippen molar-refractivity contribution in [2.24, 2.45) is 0 Å². The smallest absolute Gasteiger partial charge is 0.295 e. The Hall–Kier alpha value is -3.41. The number of hydrogen-bond acceptors (Lipinski definition) is 3. The van der Waals surface area contributed by atoms with Gasteiger partial charge in [0.15, 0.2) is 0 Å². The van der Waals surface area contributed by atoms with Gasteiger partial charge in [-0.15, -0.1) is 0 Å². The summed E-state index contributed by atoms with van der Waals surface area (Å²) >= 11 is 0. The molecule has 1 aromatic heterocycles. The van der Waals surface area contributed by atoms with Crippen molar-refractivity contribution in [1.29, 1.82) is 0 Å². The average Bonchev–Trinajstić information content (AvgIpc) is 2.69. The zero-order chi connectivity index (χ0) is 19.2. The van der Waals surface area contributed by atoms with Crippen LogP contribution in [0, 0.1) is 5.82 Å². The van der Waals surface area contributed by atoms with Crippen molar-refractivity contribution in [1.82, 2.24) is 4.73 Å². The van der Waals surface area contributed by atoms with E-state index in [9.17, 15) is 14.0 Å². The van der Waals surface area contributed by atoms with Gasteiger partial charge in [0, 0.05) is 17.4 Å². The number of anilines is 1. The summed E-state index contributed by atoms with van der Waals surface area (Å²) in [5.41, 5.74) is 1.38. The molecule has 0 bridgehead atoms. The topological polar surface area (TPSA) is 60.3 Å². The van der Waals surface area contributed by atoms with Crippen LogP contribution in [0.3, 0.4) is 0 Å². The zero-order valence-corrected chi connectivity index (χ0v) is 14.8. The molecular weight excluding hydrogens is 347 g/mol. The fourth-order valence-electron chi connectivity index (χ4n) is 2.53. The highest BCUT2D eigenvalue weighted by molar-refractivity contribution is 6.03. The molecule has 1 N–H and O–H groups in total. The third-order valence-corrected chi connectivity index (χ3v) is 4.10. The lowest BCUT2D eigenvalue weighted by atomic mass is 10.1. The Morgan fingerprint density at radius 2 is 1.81 bits per heavy atom. The van der Waals surface area contributed by atoms with E-state index in [4.69, 9.17) is 4.84 Å². The Labute approximate surface area is 156 Å². The van der Waals surface area contributed by atoms with Crippen LogP contribution >= 0.6 is 0 Å². The van der Waals surface area contributed by atoms with Crippen LogP contribution in [0.2, 0.25) is 0 Å². The molecule has 0 saturated heterocycles. The SMILES string of the molecule is CCc1ccc(NC(=O)c2cccn(OCc3ccccc3F)c2=O)cc1. The number of rotatable bonds is 6. The van der Waals surface area contributed by atoms with Crippen LogP contribution in [0.4, 0.5) is 10.1 Å². The van der Waals surface area contributed by atoms with E-state index in [1.54, 1.807) is 30.3 Å². The molecule has 1 heterocycles. The van der Waals surface area contributed by atoms with E-state index < -0.39 is 17.3 Å². The van der Waals surface area contributed by atoms with Gasteiger partial charge >= 0.3 is 0 Å². The van der Waals surface area contributed by atoms with Crippen molar-refractivity contribution in [3.05, 3.63) is 99.7 Å². The largest absolute Gasteiger partial charge is 0.406 e. The van der Waals surface area contributed by atoms with E-state index >= 15 is 0 Å². The molecule has 0 aliphatic rings. The van der Waals surface area contributed by atoms with Crippen molar-refractivity contribution in [3.8, 4) is 0 Å². The number of carbonyl (C=O) groups excluding carboxylic acids is 1. The first-order valence-corrected chi connectivity index (χ1v) is 8.57. The van der Waals surface area contributed by atoms with E-state index in [1.807, 2.05) is 19.1 Å². The number of halogens is 1. The molecule has 6 heteroatoms. The maximum atomic E-state index is 13.7. The van der Waals surface area contributed by atoms with Gasteiger partial charge in [0.05, 0.1) is 0 Å². The number of aromatic nitrogens is 1. The molecule has 138 valence electrons. The molecule has 0 spiro atoms. The van der Waals surface area contributed by atoms with Gasteiger partial charge in [0.25, 0.3) is 11.5 Å². The molecule has 3 rings (SSSR count). The van der Waals surface area contributed by atoms with Gasteiger partial charge in [-0.25, -0.2) is 4.39 Å². The van der Waals surface area contributed by atoms with E-state index in [-0.39, 0.29) is 12.2 Å². The first kappa shape index (κ1) is 18.4. The highest BCUT2D eigenvalue weighted by atomic mass is 19.1. The van der Waals surface area contributed by atoms with Crippen molar-refractivity contribution in [2.45, 2.75) is 20.0 Å². The second-order valence-electron chi connectivity index (χ2n) is 5.92. The molecule has 5 nitrogen and oxygen atoms in total. The van der Waals surface area contributed by atoms with E-state index in [1.165, 1.54) is 24.4 Å². The Kier molecular flexibility index (Phi) is 5.66. The van der Waals surface area contributed by atoms with Crippen LogP contribution < -0.4 is 15.7 Å². The highest BCUT2D eigenvalue weighted by Crippen LogP contribution is 2.11. The third-order valence-electron chi connectivity index (χ3n) is 4.10. The third kappa shape index (κ3) is 4.41. The molecule has 27 heavy (non-hydrogen) atoms. The zero-order valence-electron chi connectivity index (χ0n) is 14.8. The summed E-state index contributed by atoms with van der Waals surface area (Å²) in [5.74, 6) is -0.955. The van der Waals surface area contributed by atoms with Gasteiger partial charge in [-0.2, -0.15) is 4.73 Å². The Balaban J connectivity index is 1.74. The average molecular weight is 366 g/mol. The molecule has 0 unspecified atom stereocenters. The van der Waals surface area contributed by atoms with Gasteiger partial charge in [-0.05, 0) is 42.3 Å². The van der Waals surface area contributed by atoms with Crippen LogP contribution in [-0.2, 0) is 13.0 Å². The van der Waals surface area contributed by atoms with Crippen molar-refractivity contribution in [3.63, 3.8) is 0 Å². The normalized spacial score (nSPS) is 10.4. The van der Waals surface area contributed by atoms with Gasteiger partial charge in [0.1, 0.15) is 18.0 Å².